The molecular formula is C17H22N2. The average molecular weight is 254 g/mol. The Balaban J connectivity index is 1.87. The Kier molecular flexibility index (Phi) is 3.43. The number of hydrogen-bond acceptors (Lipinski definition) is 1. The lowest BCUT2D eigenvalue weighted by Crippen LogP contribution is -2.32. The summed E-state index contributed by atoms with van der Waals surface area (Å²) in [5.74, 6) is 0.892. The number of H-pyrrole nitrogens is 1. The van der Waals surface area contributed by atoms with Gasteiger partial charge in [0.1, 0.15) is 0 Å². The van der Waals surface area contributed by atoms with Crippen LogP contribution in [0.2, 0.25) is 0 Å². The summed E-state index contributed by atoms with van der Waals surface area (Å²) in [7, 11) is 0. The van der Waals surface area contributed by atoms with Gasteiger partial charge in [-0.25, -0.2) is 0 Å². The third kappa shape index (κ3) is 2.45. The van der Waals surface area contributed by atoms with Crippen LogP contribution in [0.25, 0.3) is 17.0 Å². The molecule has 0 amide bonds. The summed E-state index contributed by atoms with van der Waals surface area (Å²) in [5.41, 5.74) is 3.86. The molecule has 0 unspecified atom stereocenters. The number of aromatic amines is 1. The van der Waals surface area contributed by atoms with Crippen LogP contribution in [0, 0.1) is 5.92 Å². The highest BCUT2D eigenvalue weighted by Gasteiger charge is 2.17. The van der Waals surface area contributed by atoms with Crippen LogP contribution >= 0.6 is 0 Å². The first-order valence-corrected chi connectivity index (χ1v) is 7.21. The van der Waals surface area contributed by atoms with E-state index in [1.807, 2.05) is 6.08 Å². The molecule has 3 rings (SSSR count). The fourth-order valence-electron chi connectivity index (χ4n) is 3.04. The van der Waals surface area contributed by atoms with E-state index >= 15 is 0 Å². The average Bonchev–Trinajstić information content (AvgIpc) is 2.85. The predicted octanol–water partition coefficient (Wildman–Crippen LogP) is 4.04. The van der Waals surface area contributed by atoms with Crippen molar-refractivity contribution >= 4 is 17.0 Å². The molecule has 0 saturated carbocycles. The van der Waals surface area contributed by atoms with Crippen LogP contribution in [0.1, 0.15) is 30.9 Å². The van der Waals surface area contributed by atoms with Crippen LogP contribution in [-0.2, 0) is 6.54 Å². The molecule has 2 heteroatoms. The molecule has 1 fully saturated rings. The van der Waals surface area contributed by atoms with Crippen LogP contribution < -0.4 is 0 Å². The Hall–Kier alpha value is -1.54. The van der Waals surface area contributed by atoms with Gasteiger partial charge in [-0.15, -0.1) is 0 Å². The van der Waals surface area contributed by atoms with Crippen LogP contribution in [0.15, 0.2) is 31.0 Å². The van der Waals surface area contributed by atoms with E-state index in [0.717, 1.165) is 12.5 Å². The fraction of sp³-hybridized carbons (Fsp3) is 0.412. The third-order valence-corrected chi connectivity index (χ3v) is 4.31. The lowest BCUT2D eigenvalue weighted by molar-refractivity contribution is 0.186. The predicted molar refractivity (Wildman–Crippen MR) is 82.1 cm³/mol. The van der Waals surface area contributed by atoms with Crippen LogP contribution in [0.5, 0.6) is 0 Å². The first-order valence-electron chi connectivity index (χ1n) is 7.21. The summed E-state index contributed by atoms with van der Waals surface area (Å²) in [5, 5.41) is 1.34. The molecule has 100 valence electrons. The number of benzene rings is 1. The van der Waals surface area contributed by atoms with Crippen molar-refractivity contribution in [3.8, 4) is 0 Å². The summed E-state index contributed by atoms with van der Waals surface area (Å²) < 4.78 is 0. The van der Waals surface area contributed by atoms with Crippen molar-refractivity contribution in [2.45, 2.75) is 26.3 Å². The van der Waals surface area contributed by atoms with E-state index < -0.39 is 0 Å². The number of fused-ring (bicyclic) bond motifs is 1. The summed E-state index contributed by atoms with van der Waals surface area (Å²) in [4.78, 5) is 5.96. The highest BCUT2D eigenvalue weighted by Crippen LogP contribution is 2.26. The molecule has 1 aromatic heterocycles. The number of likely N-dealkylation sites (tertiary alicyclic amines) is 1. The van der Waals surface area contributed by atoms with E-state index in [1.165, 1.54) is 48.0 Å². The van der Waals surface area contributed by atoms with Crippen molar-refractivity contribution in [2.75, 3.05) is 13.1 Å². The van der Waals surface area contributed by atoms with Gasteiger partial charge in [0.15, 0.2) is 0 Å². The van der Waals surface area contributed by atoms with Crippen LogP contribution in [0.4, 0.5) is 0 Å². The summed E-state index contributed by atoms with van der Waals surface area (Å²) >= 11 is 0. The summed E-state index contributed by atoms with van der Waals surface area (Å²) in [6.45, 7) is 9.80. The minimum absolute atomic E-state index is 0.892. The quantitative estimate of drug-likeness (QED) is 0.875. The lowest BCUT2D eigenvalue weighted by Gasteiger charge is -2.30. The van der Waals surface area contributed by atoms with E-state index in [0.29, 0.717) is 0 Å². The van der Waals surface area contributed by atoms with Crippen molar-refractivity contribution in [3.05, 3.63) is 42.1 Å². The maximum Gasteiger partial charge on any atom is 0.0463 e. The van der Waals surface area contributed by atoms with Gasteiger partial charge in [0, 0.05) is 23.6 Å². The minimum atomic E-state index is 0.892. The van der Waals surface area contributed by atoms with Crippen LogP contribution in [-0.4, -0.2) is 23.0 Å². The van der Waals surface area contributed by atoms with Gasteiger partial charge in [-0.3, -0.25) is 4.90 Å². The zero-order valence-corrected chi connectivity index (χ0v) is 11.7. The Bertz CT molecular complexity index is 574. The zero-order chi connectivity index (χ0) is 13.2. The largest absolute Gasteiger partial charge is 0.361 e. The Morgan fingerprint density at radius 2 is 2.16 bits per heavy atom. The van der Waals surface area contributed by atoms with Gasteiger partial charge in [-0.2, -0.15) is 0 Å². The molecule has 0 bridgehead atoms. The van der Waals surface area contributed by atoms with E-state index in [4.69, 9.17) is 0 Å². The van der Waals surface area contributed by atoms with Gasteiger partial charge in [0.25, 0.3) is 0 Å². The highest BCUT2D eigenvalue weighted by atomic mass is 15.1. The van der Waals surface area contributed by atoms with E-state index in [9.17, 15) is 0 Å². The first-order chi connectivity index (χ1) is 9.28. The highest BCUT2D eigenvalue weighted by molar-refractivity contribution is 5.91. The third-order valence-electron chi connectivity index (χ3n) is 4.31. The molecule has 1 aliphatic heterocycles. The number of rotatable bonds is 3. The van der Waals surface area contributed by atoms with Crippen molar-refractivity contribution in [1.82, 2.24) is 9.88 Å². The zero-order valence-electron chi connectivity index (χ0n) is 11.7. The summed E-state index contributed by atoms with van der Waals surface area (Å²) in [6, 6.07) is 6.37. The van der Waals surface area contributed by atoms with Crippen molar-refractivity contribution < 1.29 is 0 Å². The second kappa shape index (κ2) is 5.22. The van der Waals surface area contributed by atoms with Gasteiger partial charge < -0.3 is 4.98 Å². The van der Waals surface area contributed by atoms with Gasteiger partial charge in [0.2, 0.25) is 0 Å². The normalized spacial score (nSPS) is 17.9. The molecule has 2 nitrogen and oxygen atoms in total. The molecule has 0 atom stereocenters. The van der Waals surface area contributed by atoms with Crippen molar-refractivity contribution in [1.29, 1.82) is 0 Å². The lowest BCUT2D eigenvalue weighted by atomic mass is 9.98. The van der Waals surface area contributed by atoms with Gasteiger partial charge in [-0.1, -0.05) is 31.7 Å². The minimum Gasteiger partial charge on any atom is -0.361 e. The molecule has 0 radical (unpaired) electrons. The molecule has 1 aliphatic rings. The molecule has 0 aliphatic carbocycles. The Labute approximate surface area is 115 Å². The van der Waals surface area contributed by atoms with Crippen LogP contribution in [0.3, 0.4) is 0 Å². The fourth-order valence-corrected chi connectivity index (χ4v) is 3.04. The number of nitrogens with zero attached hydrogens (tertiary/aromatic N) is 1. The molecule has 2 heterocycles. The van der Waals surface area contributed by atoms with Gasteiger partial charge >= 0.3 is 0 Å². The van der Waals surface area contributed by atoms with E-state index in [2.05, 4.69) is 47.8 Å². The molecular weight excluding hydrogens is 232 g/mol. The number of nitrogens with one attached hydrogen (secondary N) is 1. The monoisotopic (exact) mass is 254 g/mol. The molecule has 2 aromatic rings. The van der Waals surface area contributed by atoms with Crippen molar-refractivity contribution in [2.24, 2.45) is 5.92 Å². The van der Waals surface area contributed by atoms with Crippen molar-refractivity contribution in [3.63, 3.8) is 0 Å². The number of piperidine rings is 1. The first kappa shape index (κ1) is 12.5. The molecule has 1 aromatic carbocycles. The topological polar surface area (TPSA) is 19.0 Å². The number of aromatic nitrogens is 1. The van der Waals surface area contributed by atoms with E-state index in [-0.39, 0.29) is 0 Å². The smallest absolute Gasteiger partial charge is 0.0463 e. The second-order valence-electron chi connectivity index (χ2n) is 5.75. The maximum atomic E-state index is 3.93. The molecule has 19 heavy (non-hydrogen) atoms. The summed E-state index contributed by atoms with van der Waals surface area (Å²) in [6.07, 6.45) is 6.78. The molecule has 1 N–H and O–H groups in total. The Morgan fingerprint density at radius 3 is 2.89 bits per heavy atom. The maximum absolute atomic E-state index is 3.93. The van der Waals surface area contributed by atoms with Gasteiger partial charge in [0.05, 0.1) is 0 Å². The van der Waals surface area contributed by atoms with E-state index in [1.54, 1.807) is 0 Å². The SMILES string of the molecule is C=Cc1cccc2[nH]cc(CN3CCC(C)CC3)c12. The molecule has 0 spiro atoms. The standard InChI is InChI=1S/C17H22N2/c1-3-14-5-4-6-16-17(14)15(11-18-16)12-19-9-7-13(2)8-10-19/h3-6,11,13,18H,1,7-10,12H2,2H3. The molecule has 1 saturated heterocycles. The number of hydrogen-bond donors (Lipinski definition) is 1. The second-order valence-corrected chi connectivity index (χ2v) is 5.75. The Morgan fingerprint density at radius 1 is 1.37 bits per heavy atom. The van der Waals surface area contributed by atoms with Gasteiger partial charge in [-0.05, 0) is 49.0 Å².